The van der Waals surface area contributed by atoms with Crippen LogP contribution in [0.2, 0.25) is 0 Å². The Morgan fingerprint density at radius 3 is 2.18 bits per heavy atom. The van der Waals surface area contributed by atoms with Crippen molar-refractivity contribution in [3.05, 3.63) is 40.2 Å². The number of carbonyl (C=O) groups excluding carboxylic acids is 3. The van der Waals surface area contributed by atoms with Crippen molar-refractivity contribution in [3.8, 4) is 0 Å². The molecule has 0 aromatic heterocycles. The normalized spacial score (nSPS) is 20.5. The number of esters is 1. The van der Waals surface area contributed by atoms with Gasteiger partial charge in [0.25, 0.3) is 0 Å². The number of amides is 2. The largest absolute Gasteiger partial charge is 0.512 e. The SMILES string of the molecule is COC(=O)C1=C(O)C[C@H]2c3cc(C)c(C)cc3N(C(=O)OC)[C@@H]1N2C(=O)OC. The highest BCUT2D eigenvalue weighted by atomic mass is 16.6. The summed E-state index contributed by atoms with van der Waals surface area (Å²) in [6, 6.07) is 3.03. The summed E-state index contributed by atoms with van der Waals surface area (Å²) in [6.07, 6.45) is -2.82. The Bertz CT molecular complexity index is 893. The zero-order valence-electron chi connectivity index (χ0n) is 16.3. The molecule has 1 N–H and O–H groups in total. The van der Waals surface area contributed by atoms with E-state index in [9.17, 15) is 19.5 Å². The summed E-state index contributed by atoms with van der Waals surface area (Å²) in [6.45, 7) is 3.80. The third-order valence-electron chi connectivity index (χ3n) is 5.22. The van der Waals surface area contributed by atoms with Gasteiger partial charge in [-0.3, -0.25) is 9.80 Å². The van der Waals surface area contributed by atoms with E-state index in [2.05, 4.69) is 0 Å². The fourth-order valence-corrected chi connectivity index (χ4v) is 3.76. The highest BCUT2D eigenvalue weighted by Crippen LogP contribution is 2.48. The predicted octanol–water partition coefficient (Wildman–Crippen LogP) is 2.71. The molecule has 2 bridgehead atoms. The Labute approximate surface area is 162 Å². The third kappa shape index (κ3) is 2.74. The quantitative estimate of drug-likeness (QED) is 0.580. The summed E-state index contributed by atoms with van der Waals surface area (Å²) >= 11 is 0. The molecule has 9 heteroatoms. The molecule has 0 saturated carbocycles. The van der Waals surface area contributed by atoms with E-state index in [4.69, 9.17) is 14.2 Å². The van der Waals surface area contributed by atoms with Crippen LogP contribution < -0.4 is 4.90 Å². The van der Waals surface area contributed by atoms with Crippen molar-refractivity contribution < 1.29 is 33.7 Å². The van der Waals surface area contributed by atoms with E-state index in [1.54, 1.807) is 6.07 Å². The first-order valence-corrected chi connectivity index (χ1v) is 8.61. The zero-order chi connectivity index (χ0) is 20.7. The Balaban J connectivity index is 2.35. The van der Waals surface area contributed by atoms with Gasteiger partial charge in [-0.15, -0.1) is 0 Å². The Morgan fingerprint density at radius 1 is 1.00 bits per heavy atom. The lowest BCUT2D eigenvalue weighted by molar-refractivity contribution is -0.137. The molecule has 0 unspecified atom stereocenters. The van der Waals surface area contributed by atoms with Gasteiger partial charge in [0, 0.05) is 6.42 Å². The van der Waals surface area contributed by atoms with Gasteiger partial charge in [-0.2, -0.15) is 0 Å². The van der Waals surface area contributed by atoms with Crippen LogP contribution in [0, 0.1) is 13.8 Å². The number of aliphatic hydroxyl groups excluding tert-OH is 1. The van der Waals surface area contributed by atoms with E-state index in [-0.39, 0.29) is 17.8 Å². The summed E-state index contributed by atoms with van der Waals surface area (Å²) in [7, 11) is 3.56. The standard InChI is InChI=1S/C19H22N2O7/c1-9-6-11-12(7-10(9)2)20(18(24)27-4)16-15(17(23)26-3)14(22)8-13(11)21(16)19(25)28-5/h6-7,13,16,22H,8H2,1-5H3/t13-,16+/m0/s1. The summed E-state index contributed by atoms with van der Waals surface area (Å²) in [5, 5.41) is 10.6. The van der Waals surface area contributed by atoms with Crippen LogP contribution in [-0.4, -0.2) is 55.7 Å². The minimum absolute atomic E-state index is 0.0133. The van der Waals surface area contributed by atoms with Crippen LogP contribution in [0.25, 0.3) is 0 Å². The molecule has 2 atom stereocenters. The van der Waals surface area contributed by atoms with E-state index in [1.165, 1.54) is 19.1 Å². The molecule has 2 heterocycles. The van der Waals surface area contributed by atoms with Gasteiger partial charge in [-0.25, -0.2) is 14.4 Å². The van der Waals surface area contributed by atoms with Crippen molar-refractivity contribution in [1.29, 1.82) is 0 Å². The van der Waals surface area contributed by atoms with E-state index >= 15 is 0 Å². The molecule has 3 rings (SSSR count). The number of rotatable bonds is 1. The minimum Gasteiger partial charge on any atom is -0.512 e. The van der Waals surface area contributed by atoms with E-state index in [0.29, 0.717) is 11.3 Å². The van der Waals surface area contributed by atoms with E-state index in [0.717, 1.165) is 23.1 Å². The third-order valence-corrected chi connectivity index (χ3v) is 5.22. The number of fused-ring (bicyclic) bond motifs is 4. The second kappa shape index (κ2) is 7.06. The predicted molar refractivity (Wildman–Crippen MR) is 97.9 cm³/mol. The number of nitrogens with zero attached hydrogens (tertiary/aromatic N) is 2. The van der Waals surface area contributed by atoms with Crippen LogP contribution in [0.15, 0.2) is 23.5 Å². The van der Waals surface area contributed by atoms with Crippen LogP contribution >= 0.6 is 0 Å². The van der Waals surface area contributed by atoms with Gasteiger partial charge < -0.3 is 19.3 Å². The number of aliphatic hydroxyl groups is 1. The fourth-order valence-electron chi connectivity index (χ4n) is 3.76. The van der Waals surface area contributed by atoms with E-state index in [1.807, 2.05) is 19.9 Å². The highest BCUT2D eigenvalue weighted by molar-refractivity contribution is 5.99. The number of benzene rings is 1. The van der Waals surface area contributed by atoms with Gasteiger partial charge in [-0.1, -0.05) is 6.07 Å². The number of ether oxygens (including phenoxy) is 3. The summed E-state index contributed by atoms with van der Waals surface area (Å²) < 4.78 is 14.6. The van der Waals surface area contributed by atoms with Gasteiger partial charge >= 0.3 is 18.2 Å². The lowest BCUT2D eigenvalue weighted by atomic mass is 9.85. The first-order valence-electron chi connectivity index (χ1n) is 8.61. The maximum absolute atomic E-state index is 12.7. The van der Waals surface area contributed by atoms with Crippen molar-refractivity contribution in [2.75, 3.05) is 26.2 Å². The molecule has 150 valence electrons. The first kappa shape index (κ1) is 19.5. The topological polar surface area (TPSA) is 106 Å². The molecule has 0 spiro atoms. The molecule has 1 aromatic carbocycles. The van der Waals surface area contributed by atoms with Crippen LogP contribution in [0.5, 0.6) is 0 Å². The van der Waals surface area contributed by atoms with Gasteiger partial charge in [0.05, 0.1) is 33.1 Å². The fraction of sp³-hybridized carbons (Fsp3) is 0.421. The summed E-state index contributed by atoms with van der Waals surface area (Å²) in [5.74, 6) is -1.10. The Kier molecular flexibility index (Phi) is 4.93. The Hall–Kier alpha value is -3.23. The average molecular weight is 390 g/mol. The average Bonchev–Trinajstić information content (AvgIpc) is 2.68. The van der Waals surface area contributed by atoms with Crippen molar-refractivity contribution in [2.45, 2.75) is 32.5 Å². The minimum atomic E-state index is -1.26. The number of anilines is 1. The second-order valence-electron chi connectivity index (χ2n) is 6.66. The monoisotopic (exact) mass is 390 g/mol. The second-order valence-corrected chi connectivity index (χ2v) is 6.66. The van der Waals surface area contributed by atoms with Crippen LogP contribution in [0.4, 0.5) is 15.3 Å². The number of aryl methyl sites for hydroxylation is 2. The highest BCUT2D eigenvalue weighted by Gasteiger charge is 2.53. The van der Waals surface area contributed by atoms with Gasteiger partial charge in [0.15, 0.2) is 6.17 Å². The number of hydrogen-bond donors (Lipinski definition) is 1. The molecular formula is C19H22N2O7. The maximum Gasteiger partial charge on any atom is 0.416 e. The molecular weight excluding hydrogens is 368 g/mol. The molecule has 2 aliphatic heterocycles. The van der Waals surface area contributed by atoms with Crippen LogP contribution in [0.1, 0.15) is 29.2 Å². The van der Waals surface area contributed by atoms with Crippen molar-refractivity contribution in [2.24, 2.45) is 0 Å². The van der Waals surface area contributed by atoms with Crippen LogP contribution in [0.3, 0.4) is 0 Å². The summed E-state index contributed by atoms with van der Waals surface area (Å²) in [4.78, 5) is 40.2. The van der Waals surface area contributed by atoms with Crippen molar-refractivity contribution in [1.82, 2.24) is 4.90 Å². The van der Waals surface area contributed by atoms with Gasteiger partial charge in [0.1, 0.15) is 11.3 Å². The molecule has 1 aromatic rings. The lowest BCUT2D eigenvalue weighted by Gasteiger charge is -2.50. The van der Waals surface area contributed by atoms with E-state index < -0.39 is 30.4 Å². The number of hydrogen-bond acceptors (Lipinski definition) is 7. The van der Waals surface area contributed by atoms with Crippen LogP contribution in [-0.2, 0) is 19.0 Å². The number of carbonyl (C=O) groups is 3. The molecule has 9 nitrogen and oxygen atoms in total. The van der Waals surface area contributed by atoms with Crippen molar-refractivity contribution in [3.63, 3.8) is 0 Å². The molecule has 28 heavy (non-hydrogen) atoms. The molecule has 0 aliphatic carbocycles. The summed E-state index contributed by atoms with van der Waals surface area (Å²) in [5.41, 5.74) is 2.81. The molecule has 2 aliphatic rings. The molecule has 0 fully saturated rings. The van der Waals surface area contributed by atoms with Gasteiger partial charge in [0.2, 0.25) is 0 Å². The molecule has 2 amide bonds. The maximum atomic E-state index is 12.7. The van der Waals surface area contributed by atoms with Crippen molar-refractivity contribution >= 4 is 23.8 Å². The number of methoxy groups -OCH3 is 3. The molecule has 0 saturated heterocycles. The van der Waals surface area contributed by atoms with Gasteiger partial charge in [-0.05, 0) is 36.6 Å². The molecule has 0 radical (unpaired) electrons. The Morgan fingerprint density at radius 2 is 1.61 bits per heavy atom. The smallest absolute Gasteiger partial charge is 0.416 e. The lowest BCUT2D eigenvalue weighted by Crippen LogP contribution is -2.61. The first-order chi connectivity index (χ1) is 13.3. The zero-order valence-corrected chi connectivity index (χ0v) is 16.3.